The maximum atomic E-state index is 12.6. The van der Waals surface area contributed by atoms with E-state index < -0.39 is 0 Å². The van der Waals surface area contributed by atoms with Crippen LogP contribution in [0, 0.1) is 6.92 Å². The third kappa shape index (κ3) is 4.56. The Morgan fingerprint density at radius 3 is 2.74 bits per heavy atom. The van der Waals surface area contributed by atoms with Crippen LogP contribution in [-0.2, 0) is 4.79 Å². The molecule has 1 aromatic heterocycles. The maximum absolute atomic E-state index is 12.6. The Morgan fingerprint density at radius 2 is 2.04 bits per heavy atom. The number of rotatable bonds is 5. The molecule has 8 nitrogen and oxygen atoms in total. The molecule has 0 saturated heterocycles. The van der Waals surface area contributed by atoms with E-state index >= 15 is 0 Å². The second kappa shape index (κ2) is 8.09. The highest BCUT2D eigenvalue weighted by atomic mass is 79.9. The maximum Gasteiger partial charge on any atom is 0.254 e. The number of nitrogens with zero attached hydrogens (tertiary/aromatic N) is 5. The lowest BCUT2D eigenvalue weighted by molar-refractivity contribution is -0.116. The van der Waals surface area contributed by atoms with Crippen molar-refractivity contribution in [3.8, 4) is 5.69 Å². The van der Waals surface area contributed by atoms with E-state index in [4.69, 9.17) is 0 Å². The van der Waals surface area contributed by atoms with Gasteiger partial charge in [-0.25, -0.2) is 4.68 Å². The van der Waals surface area contributed by atoms with E-state index in [1.807, 2.05) is 25.1 Å². The van der Waals surface area contributed by atoms with Gasteiger partial charge >= 0.3 is 0 Å². The average molecular weight is 429 g/mol. The summed E-state index contributed by atoms with van der Waals surface area (Å²) in [6.45, 7) is 1.84. The Kier molecular flexibility index (Phi) is 5.60. The smallest absolute Gasteiger partial charge is 0.254 e. The summed E-state index contributed by atoms with van der Waals surface area (Å²) in [6, 6.07) is 12.5. The minimum atomic E-state index is -0.271. The molecular formula is C18H17BrN6O2. The van der Waals surface area contributed by atoms with Crippen LogP contribution in [0.1, 0.15) is 15.9 Å². The first kappa shape index (κ1) is 18.7. The van der Waals surface area contributed by atoms with Gasteiger partial charge in [-0.15, -0.1) is 5.10 Å². The molecule has 2 aromatic carbocycles. The molecule has 0 aliphatic rings. The lowest BCUT2D eigenvalue weighted by Gasteiger charge is -2.18. The Labute approximate surface area is 164 Å². The van der Waals surface area contributed by atoms with Gasteiger partial charge in [-0.3, -0.25) is 9.59 Å². The first-order chi connectivity index (χ1) is 12.9. The Hall–Kier alpha value is -3.07. The van der Waals surface area contributed by atoms with Crippen molar-refractivity contribution in [2.75, 3.05) is 18.9 Å². The predicted octanol–water partition coefficient (Wildman–Crippen LogP) is 2.44. The van der Waals surface area contributed by atoms with Crippen LogP contribution in [0.15, 0.2) is 53.3 Å². The van der Waals surface area contributed by atoms with E-state index in [9.17, 15) is 9.59 Å². The molecule has 0 fully saturated rings. The second-order valence-corrected chi connectivity index (χ2v) is 6.89. The van der Waals surface area contributed by atoms with Gasteiger partial charge in [0.2, 0.25) is 5.91 Å². The average Bonchev–Trinajstić information content (AvgIpc) is 3.18. The number of benzene rings is 2. The molecule has 0 unspecified atom stereocenters. The Balaban J connectivity index is 1.67. The standard InChI is InChI=1S/C18H17BrN6O2/c1-12-8-14(19)6-7-16(12)21-17(26)10-24(2)18(27)13-4-3-5-15(9-13)25-11-20-22-23-25/h3-9,11H,10H2,1-2H3,(H,21,26). The third-order valence-electron chi connectivity index (χ3n) is 3.90. The highest BCUT2D eigenvalue weighted by Crippen LogP contribution is 2.20. The molecular weight excluding hydrogens is 412 g/mol. The third-order valence-corrected chi connectivity index (χ3v) is 4.39. The number of nitrogens with one attached hydrogen (secondary N) is 1. The molecule has 2 amide bonds. The fourth-order valence-corrected chi connectivity index (χ4v) is 3.00. The molecule has 0 aliphatic carbocycles. The van der Waals surface area contributed by atoms with Gasteiger partial charge in [0.15, 0.2) is 0 Å². The van der Waals surface area contributed by atoms with Crippen molar-refractivity contribution in [2.24, 2.45) is 0 Å². The lowest BCUT2D eigenvalue weighted by atomic mass is 10.1. The first-order valence-electron chi connectivity index (χ1n) is 8.09. The van der Waals surface area contributed by atoms with Crippen molar-refractivity contribution in [2.45, 2.75) is 6.92 Å². The summed E-state index contributed by atoms with van der Waals surface area (Å²) in [6.07, 6.45) is 1.45. The molecule has 1 N–H and O–H groups in total. The summed E-state index contributed by atoms with van der Waals surface area (Å²) in [4.78, 5) is 26.3. The number of amides is 2. The number of carbonyl (C=O) groups is 2. The number of halogens is 1. The summed E-state index contributed by atoms with van der Waals surface area (Å²) in [7, 11) is 1.58. The van der Waals surface area contributed by atoms with Crippen LogP contribution in [0.2, 0.25) is 0 Å². The van der Waals surface area contributed by atoms with Crippen molar-refractivity contribution in [1.29, 1.82) is 0 Å². The minimum absolute atomic E-state index is 0.0660. The first-order valence-corrected chi connectivity index (χ1v) is 8.88. The zero-order valence-corrected chi connectivity index (χ0v) is 16.3. The van der Waals surface area contributed by atoms with Crippen molar-refractivity contribution >= 4 is 33.4 Å². The van der Waals surface area contributed by atoms with Crippen LogP contribution in [0.3, 0.4) is 0 Å². The monoisotopic (exact) mass is 428 g/mol. The largest absolute Gasteiger partial charge is 0.332 e. The molecule has 0 bridgehead atoms. The molecule has 0 atom stereocenters. The van der Waals surface area contributed by atoms with Crippen molar-refractivity contribution in [3.63, 3.8) is 0 Å². The molecule has 0 radical (unpaired) electrons. The van der Waals surface area contributed by atoms with E-state index in [1.165, 1.54) is 15.9 Å². The minimum Gasteiger partial charge on any atom is -0.332 e. The fraction of sp³-hybridized carbons (Fsp3) is 0.167. The van der Waals surface area contributed by atoms with Crippen LogP contribution < -0.4 is 5.32 Å². The SMILES string of the molecule is Cc1cc(Br)ccc1NC(=O)CN(C)C(=O)c1cccc(-n2cnnn2)c1. The quantitative estimate of drug-likeness (QED) is 0.673. The number of anilines is 1. The molecule has 138 valence electrons. The predicted molar refractivity (Wildman–Crippen MR) is 104 cm³/mol. The van der Waals surface area contributed by atoms with Crippen LogP contribution in [0.25, 0.3) is 5.69 Å². The zero-order valence-electron chi connectivity index (χ0n) is 14.8. The van der Waals surface area contributed by atoms with E-state index in [2.05, 4.69) is 36.8 Å². The molecule has 3 aromatic rings. The van der Waals surface area contributed by atoms with Crippen molar-refractivity contribution in [3.05, 3.63) is 64.4 Å². The number of carbonyl (C=O) groups excluding carboxylic acids is 2. The normalized spacial score (nSPS) is 10.5. The van der Waals surface area contributed by atoms with E-state index in [0.29, 0.717) is 16.9 Å². The molecule has 0 spiro atoms. The van der Waals surface area contributed by atoms with Gasteiger partial charge in [0.1, 0.15) is 6.33 Å². The number of tetrazole rings is 1. The molecule has 0 saturated carbocycles. The fourth-order valence-electron chi connectivity index (χ4n) is 2.53. The lowest BCUT2D eigenvalue weighted by Crippen LogP contribution is -2.35. The van der Waals surface area contributed by atoms with E-state index in [0.717, 1.165) is 10.0 Å². The van der Waals surface area contributed by atoms with Gasteiger partial charge in [-0.05, 0) is 59.3 Å². The van der Waals surface area contributed by atoms with Crippen LogP contribution in [-0.4, -0.2) is 50.5 Å². The van der Waals surface area contributed by atoms with Crippen molar-refractivity contribution < 1.29 is 9.59 Å². The molecule has 3 rings (SSSR count). The summed E-state index contributed by atoms with van der Waals surface area (Å²) in [5.74, 6) is -0.541. The molecule has 1 heterocycles. The molecule has 27 heavy (non-hydrogen) atoms. The zero-order chi connectivity index (χ0) is 19.4. The number of aryl methyl sites for hydroxylation is 1. The van der Waals surface area contributed by atoms with Gasteiger partial charge in [0.25, 0.3) is 5.91 Å². The summed E-state index contributed by atoms with van der Waals surface area (Å²) in [5.41, 5.74) is 2.75. The van der Waals surface area contributed by atoms with E-state index in [1.54, 1.807) is 31.3 Å². The number of likely N-dealkylation sites (N-methyl/N-ethyl adjacent to an activating group) is 1. The summed E-state index contributed by atoms with van der Waals surface area (Å²) < 4.78 is 2.40. The summed E-state index contributed by atoms with van der Waals surface area (Å²) >= 11 is 3.39. The van der Waals surface area contributed by atoms with Gasteiger partial charge < -0.3 is 10.2 Å². The van der Waals surface area contributed by atoms with E-state index in [-0.39, 0.29) is 18.4 Å². The topological polar surface area (TPSA) is 93.0 Å². The Bertz CT molecular complexity index is 974. The van der Waals surface area contributed by atoms with Gasteiger partial charge in [0.05, 0.1) is 12.2 Å². The summed E-state index contributed by atoms with van der Waals surface area (Å²) in [5, 5.41) is 13.8. The second-order valence-electron chi connectivity index (χ2n) is 5.97. The molecule has 0 aliphatic heterocycles. The van der Waals surface area contributed by atoms with Gasteiger partial charge in [0, 0.05) is 22.8 Å². The number of hydrogen-bond acceptors (Lipinski definition) is 5. The molecule has 9 heteroatoms. The van der Waals surface area contributed by atoms with Crippen molar-refractivity contribution in [1.82, 2.24) is 25.1 Å². The number of aromatic nitrogens is 4. The van der Waals surface area contributed by atoms with Crippen LogP contribution in [0.4, 0.5) is 5.69 Å². The van der Waals surface area contributed by atoms with Crippen LogP contribution in [0.5, 0.6) is 0 Å². The Morgan fingerprint density at radius 1 is 1.22 bits per heavy atom. The van der Waals surface area contributed by atoms with Gasteiger partial charge in [-0.1, -0.05) is 22.0 Å². The van der Waals surface area contributed by atoms with Crippen LogP contribution >= 0.6 is 15.9 Å². The highest BCUT2D eigenvalue weighted by Gasteiger charge is 2.16. The number of hydrogen-bond donors (Lipinski definition) is 1. The highest BCUT2D eigenvalue weighted by molar-refractivity contribution is 9.10. The van der Waals surface area contributed by atoms with Gasteiger partial charge in [-0.2, -0.15) is 0 Å².